The van der Waals surface area contributed by atoms with Gasteiger partial charge in [0, 0.05) is 6.07 Å². The highest BCUT2D eigenvalue weighted by Crippen LogP contribution is 2.11. The Morgan fingerprint density at radius 1 is 1.17 bits per heavy atom. The third kappa shape index (κ3) is 1.51. The van der Waals surface area contributed by atoms with Gasteiger partial charge < -0.3 is 0 Å². The zero-order valence-electron chi connectivity index (χ0n) is 9.37. The van der Waals surface area contributed by atoms with E-state index in [9.17, 15) is 9.59 Å². The van der Waals surface area contributed by atoms with Gasteiger partial charge in [0.2, 0.25) is 11.0 Å². The maximum Gasteiger partial charge on any atom is 0.315 e. The van der Waals surface area contributed by atoms with Crippen molar-refractivity contribution in [3.8, 4) is 11.5 Å². The van der Waals surface area contributed by atoms with Crippen molar-refractivity contribution in [2.24, 2.45) is 0 Å². The lowest BCUT2D eigenvalue weighted by Crippen LogP contribution is -2.13. The van der Waals surface area contributed by atoms with Gasteiger partial charge in [-0.15, -0.1) is 0 Å². The molecular weight excluding hydrogens is 236 g/mol. The number of aromatic amines is 4. The van der Waals surface area contributed by atoms with Crippen LogP contribution in [0.2, 0.25) is 0 Å². The first-order valence-electron chi connectivity index (χ1n) is 5.21. The van der Waals surface area contributed by atoms with Crippen molar-refractivity contribution in [3.05, 3.63) is 38.5 Å². The molecule has 18 heavy (non-hydrogen) atoms. The molecule has 0 saturated heterocycles. The van der Waals surface area contributed by atoms with E-state index < -0.39 is 0 Å². The van der Waals surface area contributed by atoms with Gasteiger partial charge in [-0.1, -0.05) is 0 Å². The van der Waals surface area contributed by atoms with Crippen molar-refractivity contribution >= 4 is 11.0 Å². The summed E-state index contributed by atoms with van der Waals surface area (Å²) >= 11 is 0. The van der Waals surface area contributed by atoms with E-state index in [2.05, 4.69) is 30.4 Å². The van der Waals surface area contributed by atoms with Gasteiger partial charge in [0.05, 0.1) is 0 Å². The summed E-state index contributed by atoms with van der Waals surface area (Å²) in [6, 6.07) is 2.91. The Labute approximate surface area is 99.1 Å². The topological polar surface area (TPSA) is 121 Å². The number of nitrogens with one attached hydrogen (secondary N) is 4. The number of aryl methyl sites for hydroxylation is 1. The molecule has 0 atom stereocenters. The second-order valence-corrected chi connectivity index (χ2v) is 3.82. The van der Waals surface area contributed by atoms with Crippen LogP contribution >= 0.6 is 0 Å². The number of H-pyrrole nitrogens is 4. The lowest BCUT2D eigenvalue weighted by molar-refractivity contribution is -0.331. The van der Waals surface area contributed by atoms with Gasteiger partial charge >= 0.3 is 11.4 Å². The zero-order valence-corrected chi connectivity index (χ0v) is 9.37. The number of hydrogen-bond acceptors (Lipinski definition) is 4. The summed E-state index contributed by atoms with van der Waals surface area (Å²) in [6.07, 6.45) is 0. The number of hydrogen-bond donors (Lipinski definition) is 3. The Bertz CT molecular complexity index is 823. The van der Waals surface area contributed by atoms with E-state index >= 15 is 0 Å². The summed E-state index contributed by atoms with van der Waals surface area (Å²) in [5, 5.41) is 12.4. The van der Waals surface area contributed by atoms with Crippen LogP contribution in [-0.2, 0) is 0 Å². The van der Waals surface area contributed by atoms with E-state index in [1.807, 2.05) is 0 Å². The summed E-state index contributed by atoms with van der Waals surface area (Å²) in [6.45, 7) is 1.77. The zero-order chi connectivity index (χ0) is 12.7. The quantitative estimate of drug-likeness (QED) is 0.515. The van der Waals surface area contributed by atoms with Gasteiger partial charge in [-0.2, -0.15) is 10.2 Å². The molecule has 0 radical (unpaired) electrons. The van der Waals surface area contributed by atoms with Crippen molar-refractivity contribution in [1.29, 1.82) is 0 Å². The average Bonchev–Trinajstić information content (AvgIpc) is 2.81. The number of imidazole rings is 1. The van der Waals surface area contributed by atoms with Crippen LogP contribution in [0.4, 0.5) is 0 Å². The number of aromatic nitrogens is 6. The summed E-state index contributed by atoms with van der Waals surface area (Å²) in [7, 11) is 0. The molecule has 90 valence electrons. The highest BCUT2D eigenvalue weighted by atomic mass is 16.1. The first-order chi connectivity index (χ1) is 8.65. The molecule has 0 aliphatic heterocycles. The molecule has 0 fully saturated rings. The van der Waals surface area contributed by atoms with Gasteiger partial charge in [-0.25, -0.2) is 20.2 Å². The lowest BCUT2D eigenvalue weighted by atomic mass is 10.3. The molecule has 0 aromatic carbocycles. The minimum absolute atomic E-state index is 0.287. The fourth-order valence-electron chi connectivity index (χ4n) is 1.71. The van der Waals surface area contributed by atoms with E-state index in [1.54, 1.807) is 13.0 Å². The molecule has 0 aliphatic carbocycles. The van der Waals surface area contributed by atoms with Crippen LogP contribution in [0.25, 0.3) is 22.6 Å². The van der Waals surface area contributed by atoms with Gasteiger partial charge in [-0.05, 0) is 13.0 Å². The van der Waals surface area contributed by atoms with E-state index in [0.717, 1.165) is 0 Å². The SMILES string of the molecule is Cc1n[nH]c(=O)c2[nH]c(-c3ccc(=O)[nH]n3)[nH+]c12. The standard InChI is InChI=1S/C10H8N6O2/c1-4-7-8(10(18)16-13-4)12-9(11-7)5-2-3-6(17)15-14-5/h2-3H,1H3,(H,11,12)(H,15,17)(H,16,18)/p+1. The lowest BCUT2D eigenvalue weighted by Gasteiger charge is -1.87. The largest absolute Gasteiger partial charge is 0.315 e. The minimum atomic E-state index is -0.317. The van der Waals surface area contributed by atoms with Gasteiger partial charge in [-0.3, -0.25) is 9.59 Å². The van der Waals surface area contributed by atoms with Crippen LogP contribution < -0.4 is 16.1 Å². The Hall–Kier alpha value is -2.77. The molecule has 3 rings (SSSR count). The molecule has 8 heteroatoms. The van der Waals surface area contributed by atoms with Crippen LogP contribution in [0.15, 0.2) is 21.7 Å². The van der Waals surface area contributed by atoms with Gasteiger partial charge in [0.1, 0.15) is 5.69 Å². The second-order valence-electron chi connectivity index (χ2n) is 3.82. The van der Waals surface area contributed by atoms with Crippen molar-refractivity contribution in [3.63, 3.8) is 0 Å². The first-order valence-corrected chi connectivity index (χ1v) is 5.21. The normalized spacial score (nSPS) is 10.9. The highest BCUT2D eigenvalue weighted by Gasteiger charge is 2.18. The highest BCUT2D eigenvalue weighted by molar-refractivity contribution is 5.74. The molecule has 0 aliphatic rings. The molecule has 4 N–H and O–H groups in total. The molecule has 3 aromatic rings. The summed E-state index contributed by atoms with van der Waals surface area (Å²) < 4.78 is 0. The van der Waals surface area contributed by atoms with Crippen LogP contribution in [-0.4, -0.2) is 25.4 Å². The molecule has 0 spiro atoms. The molecular formula is C10H9N6O2+. The maximum absolute atomic E-state index is 11.6. The number of fused-ring (bicyclic) bond motifs is 1. The van der Waals surface area contributed by atoms with Gasteiger partial charge in [0.15, 0.2) is 5.69 Å². The van der Waals surface area contributed by atoms with E-state index in [-0.39, 0.29) is 11.1 Å². The average molecular weight is 245 g/mol. The Balaban J connectivity index is 2.28. The third-order valence-electron chi connectivity index (χ3n) is 2.60. The Morgan fingerprint density at radius 3 is 2.67 bits per heavy atom. The number of rotatable bonds is 1. The number of nitrogens with zero attached hydrogens (tertiary/aromatic N) is 2. The van der Waals surface area contributed by atoms with Crippen molar-refractivity contribution < 1.29 is 4.98 Å². The second kappa shape index (κ2) is 3.62. The molecule has 0 unspecified atom stereocenters. The Morgan fingerprint density at radius 2 is 2.00 bits per heavy atom. The van der Waals surface area contributed by atoms with Crippen LogP contribution in [0.3, 0.4) is 0 Å². The van der Waals surface area contributed by atoms with Crippen molar-refractivity contribution in [1.82, 2.24) is 25.4 Å². The summed E-state index contributed by atoms with van der Waals surface area (Å²) in [4.78, 5) is 28.4. The van der Waals surface area contributed by atoms with Gasteiger partial charge in [0.25, 0.3) is 5.56 Å². The molecule has 3 heterocycles. The van der Waals surface area contributed by atoms with Crippen LogP contribution in [0, 0.1) is 6.92 Å². The van der Waals surface area contributed by atoms with Crippen LogP contribution in [0.5, 0.6) is 0 Å². The van der Waals surface area contributed by atoms with Crippen molar-refractivity contribution in [2.45, 2.75) is 6.92 Å². The molecule has 0 saturated carbocycles. The molecule has 0 amide bonds. The van der Waals surface area contributed by atoms with E-state index in [0.29, 0.717) is 28.2 Å². The van der Waals surface area contributed by atoms with E-state index in [1.165, 1.54) is 6.07 Å². The fraction of sp³-hybridized carbons (Fsp3) is 0.100. The molecule has 0 bridgehead atoms. The summed E-state index contributed by atoms with van der Waals surface area (Å²) in [5.74, 6) is 0.530. The molecule has 3 aromatic heterocycles. The predicted molar refractivity (Wildman–Crippen MR) is 61.9 cm³/mol. The monoisotopic (exact) mass is 245 g/mol. The fourth-order valence-corrected chi connectivity index (χ4v) is 1.71. The predicted octanol–water partition coefficient (Wildman–Crippen LogP) is -0.876. The smallest absolute Gasteiger partial charge is 0.268 e. The van der Waals surface area contributed by atoms with Crippen molar-refractivity contribution in [2.75, 3.05) is 0 Å². The molecule has 8 nitrogen and oxygen atoms in total. The van der Waals surface area contributed by atoms with E-state index in [4.69, 9.17) is 0 Å². The first kappa shape index (κ1) is 10.4. The summed E-state index contributed by atoms with van der Waals surface area (Å²) in [5.41, 5.74) is 1.57. The van der Waals surface area contributed by atoms with Crippen LogP contribution in [0.1, 0.15) is 5.69 Å². The minimum Gasteiger partial charge on any atom is -0.268 e. The maximum atomic E-state index is 11.6. The third-order valence-corrected chi connectivity index (χ3v) is 2.60. The Kier molecular flexibility index (Phi) is 2.09.